The number of hydrogen-bond acceptors (Lipinski definition) is 2. The van der Waals surface area contributed by atoms with E-state index in [0.29, 0.717) is 0 Å². The normalized spacial score (nSPS) is 5.86. The average molecular weight is 143 g/mol. The van der Waals surface area contributed by atoms with Crippen LogP contribution in [0.5, 0.6) is 0 Å². The Kier molecular flexibility index (Phi) is 8.21. The number of halogens is 2. The van der Waals surface area contributed by atoms with E-state index < -0.39 is 5.97 Å². The monoisotopic (exact) mass is 142 g/mol. The summed E-state index contributed by atoms with van der Waals surface area (Å²) in [5.41, 5.74) is 0. The van der Waals surface area contributed by atoms with E-state index >= 15 is 0 Å². The van der Waals surface area contributed by atoms with Gasteiger partial charge in [0.05, 0.1) is 0 Å². The third-order valence-electron chi connectivity index (χ3n) is 0.243. The van der Waals surface area contributed by atoms with E-state index in [9.17, 15) is 4.79 Å². The highest BCUT2D eigenvalue weighted by atomic mass is 35.5. The van der Waals surface area contributed by atoms with E-state index in [2.05, 4.69) is 22.7 Å². The Labute approximate surface area is 52.7 Å². The molecule has 0 aromatic heterocycles. The van der Waals surface area contributed by atoms with Crippen molar-refractivity contribution in [3.05, 3.63) is 12.7 Å². The van der Waals surface area contributed by atoms with Gasteiger partial charge in [0.25, 0.3) is 0 Å². The first-order chi connectivity index (χ1) is 2.81. The van der Waals surface area contributed by atoms with Gasteiger partial charge in [-0.25, -0.2) is 4.79 Å². The van der Waals surface area contributed by atoms with Crippen LogP contribution >= 0.6 is 24.3 Å². The predicted molar refractivity (Wildman–Crippen MR) is 29.4 cm³/mol. The van der Waals surface area contributed by atoms with Crippen LogP contribution in [-0.4, -0.2) is 5.97 Å². The molecule has 0 heterocycles. The molecule has 0 unspecified atom stereocenters. The molecular weight excluding hydrogens is 139 g/mol. The fourth-order valence-electron chi connectivity index (χ4n) is 0.0315. The molecule has 0 aliphatic rings. The summed E-state index contributed by atoms with van der Waals surface area (Å²) in [6.45, 7) is 3.07. The second kappa shape index (κ2) is 5.79. The molecule has 0 saturated carbocycles. The van der Waals surface area contributed by atoms with Gasteiger partial charge in [-0.2, -0.15) is 0 Å². The molecule has 0 spiro atoms. The van der Waals surface area contributed by atoms with Gasteiger partial charge in [-0.05, 0) is 0 Å². The van der Waals surface area contributed by atoms with Gasteiger partial charge in [0.15, 0.2) is 0 Å². The molecule has 0 aromatic rings. The summed E-state index contributed by atoms with van der Waals surface area (Å²) in [4.78, 5) is 9.71. The van der Waals surface area contributed by atoms with Gasteiger partial charge >= 0.3 is 5.97 Å². The van der Waals surface area contributed by atoms with Crippen LogP contribution in [0.1, 0.15) is 0 Å². The summed E-state index contributed by atoms with van der Waals surface area (Å²) in [7, 11) is 0. The molecule has 0 N–H and O–H groups in total. The van der Waals surface area contributed by atoms with Crippen molar-refractivity contribution in [2.24, 2.45) is 0 Å². The van der Waals surface area contributed by atoms with Crippen molar-refractivity contribution in [1.29, 1.82) is 0 Å². The summed E-state index contributed by atoms with van der Waals surface area (Å²) < 4.78 is 3.61. The average Bonchev–Trinajstić information content (AvgIpc) is 1.65. The fraction of sp³-hybridized carbons (Fsp3) is 0. The van der Waals surface area contributed by atoms with Crippen LogP contribution in [0.4, 0.5) is 0 Å². The molecule has 0 radical (unpaired) electrons. The van der Waals surface area contributed by atoms with Crippen molar-refractivity contribution >= 4 is 30.2 Å². The van der Waals surface area contributed by atoms with Crippen molar-refractivity contribution < 1.29 is 9.08 Å². The molecule has 2 nitrogen and oxygen atoms in total. The van der Waals surface area contributed by atoms with Gasteiger partial charge in [-0.3, -0.25) is 0 Å². The highest BCUT2D eigenvalue weighted by Gasteiger charge is 1.85. The first-order valence-corrected chi connectivity index (χ1v) is 1.57. The Balaban J connectivity index is 0. The maximum Gasteiger partial charge on any atom is 0.348 e. The topological polar surface area (TPSA) is 26.3 Å². The summed E-state index contributed by atoms with van der Waals surface area (Å²) in [5.74, 6) is -0.628. The van der Waals surface area contributed by atoms with Crippen molar-refractivity contribution in [2.45, 2.75) is 0 Å². The summed E-state index contributed by atoms with van der Waals surface area (Å²) >= 11 is 4.53. The second-order valence-corrected chi connectivity index (χ2v) is 0.755. The molecule has 42 valence electrons. The van der Waals surface area contributed by atoms with Crippen molar-refractivity contribution in [3.63, 3.8) is 0 Å². The van der Waals surface area contributed by atoms with Crippen molar-refractivity contribution in [2.75, 3.05) is 0 Å². The first-order valence-electron chi connectivity index (χ1n) is 1.26. The van der Waals surface area contributed by atoms with Crippen LogP contribution in [0.25, 0.3) is 0 Å². The molecular formula is C3H4Cl2O2. The fourth-order valence-corrected chi connectivity index (χ4v) is 0.0945. The molecule has 0 saturated heterocycles. The lowest BCUT2D eigenvalue weighted by Gasteiger charge is -1.77. The number of carbonyl (C=O) groups is 1. The number of hydrogen-bond donors (Lipinski definition) is 0. The van der Waals surface area contributed by atoms with Crippen LogP contribution < -0.4 is 0 Å². The minimum absolute atomic E-state index is 0. The standard InChI is InChI=1S/C3H3ClO2.ClH/c1-2-3(5)6-4;/h2H,1H2;1H. The molecule has 7 heavy (non-hydrogen) atoms. The first kappa shape index (κ1) is 9.92. The van der Waals surface area contributed by atoms with Crippen LogP contribution in [0.2, 0.25) is 0 Å². The van der Waals surface area contributed by atoms with Crippen LogP contribution in [0.3, 0.4) is 0 Å². The Morgan fingerprint density at radius 3 is 2.29 bits per heavy atom. The largest absolute Gasteiger partial charge is 0.348 e. The van der Waals surface area contributed by atoms with Gasteiger partial charge < -0.3 is 4.29 Å². The molecule has 0 aliphatic carbocycles. The third-order valence-corrected chi connectivity index (χ3v) is 0.395. The molecule has 0 rings (SSSR count). The lowest BCUT2D eigenvalue weighted by atomic mass is 10.7. The van der Waals surface area contributed by atoms with Crippen LogP contribution in [0.15, 0.2) is 12.7 Å². The molecule has 0 fully saturated rings. The Bertz CT molecular complexity index is 71.3. The summed E-state index contributed by atoms with van der Waals surface area (Å²) in [6.07, 6.45) is 0.979. The van der Waals surface area contributed by atoms with E-state index in [-0.39, 0.29) is 12.4 Å². The third kappa shape index (κ3) is 5.79. The number of rotatable bonds is 1. The van der Waals surface area contributed by atoms with E-state index in [4.69, 9.17) is 0 Å². The van der Waals surface area contributed by atoms with E-state index in [1.165, 1.54) is 0 Å². The molecule has 0 aliphatic heterocycles. The minimum atomic E-state index is -0.628. The Hall–Kier alpha value is -0.210. The number of carbonyl (C=O) groups excluding carboxylic acids is 1. The minimum Gasteiger partial charge on any atom is -0.344 e. The quantitative estimate of drug-likeness (QED) is 0.517. The van der Waals surface area contributed by atoms with Gasteiger partial charge in [-0.1, -0.05) is 6.58 Å². The highest BCUT2D eigenvalue weighted by molar-refractivity contribution is 6.14. The van der Waals surface area contributed by atoms with Gasteiger partial charge in [0.1, 0.15) is 11.9 Å². The van der Waals surface area contributed by atoms with Crippen LogP contribution in [0, 0.1) is 0 Å². The van der Waals surface area contributed by atoms with Crippen molar-refractivity contribution in [1.82, 2.24) is 0 Å². The van der Waals surface area contributed by atoms with E-state index in [1.807, 2.05) is 0 Å². The van der Waals surface area contributed by atoms with E-state index in [0.717, 1.165) is 6.08 Å². The van der Waals surface area contributed by atoms with Gasteiger partial charge in [0.2, 0.25) is 0 Å². The van der Waals surface area contributed by atoms with Crippen LogP contribution in [-0.2, 0) is 9.08 Å². The second-order valence-electron chi connectivity index (χ2n) is 0.600. The summed E-state index contributed by atoms with van der Waals surface area (Å²) in [5, 5.41) is 0. The molecule has 0 aromatic carbocycles. The van der Waals surface area contributed by atoms with Crippen molar-refractivity contribution in [3.8, 4) is 0 Å². The summed E-state index contributed by atoms with van der Waals surface area (Å²) in [6, 6.07) is 0. The van der Waals surface area contributed by atoms with E-state index in [1.54, 1.807) is 0 Å². The maximum atomic E-state index is 9.71. The molecule has 0 amide bonds. The van der Waals surface area contributed by atoms with Gasteiger partial charge in [-0.15, -0.1) is 12.4 Å². The zero-order chi connectivity index (χ0) is 4.99. The molecule has 0 atom stereocenters. The zero-order valence-electron chi connectivity index (χ0n) is 3.39. The Morgan fingerprint density at radius 1 is 1.86 bits per heavy atom. The molecule has 0 bridgehead atoms. The SMILES string of the molecule is C=CC(=O)OCl.Cl. The smallest absolute Gasteiger partial charge is 0.344 e. The lowest BCUT2D eigenvalue weighted by Crippen LogP contribution is -1.86. The Morgan fingerprint density at radius 2 is 2.29 bits per heavy atom. The lowest BCUT2D eigenvalue weighted by molar-refractivity contribution is -0.128. The maximum absolute atomic E-state index is 9.71. The predicted octanol–water partition coefficient (Wildman–Crippen LogP) is 1.29. The highest BCUT2D eigenvalue weighted by Crippen LogP contribution is 1.79. The zero-order valence-corrected chi connectivity index (χ0v) is 4.96. The molecule has 4 heteroatoms. The van der Waals surface area contributed by atoms with Gasteiger partial charge in [0, 0.05) is 6.08 Å².